The van der Waals surface area contributed by atoms with Gasteiger partial charge in [0.2, 0.25) is 0 Å². The molecule has 0 aliphatic rings. The molecule has 0 unspecified atom stereocenters. The van der Waals surface area contributed by atoms with Crippen LogP contribution in [0.5, 0.6) is 5.75 Å². The Balaban J connectivity index is 2.24. The maximum Gasteiger partial charge on any atom is 0.279 e. The molecule has 0 heterocycles. The van der Waals surface area contributed by atoms with E-state index < -0.39 is 42.7 Å². The molecule has 13 heteroatoms. The van der Waals surface area contributed by atoms with E-state index in [0.717, 1.165) is 12.1 Å². The lowest BCUT2D eigenvalue weighted by Gasteiger charge is -2.23. The maximum absolute atomic E-state index is 13.5. The lowest BCUT2D eigenvalue weighted by Crippen LogP contribution is -2.37. The standard InChI is InChI=1S/C22H18ClN3O8S/c1-3-34-18-8-6-17(7-9-18)24(35(32,33)19-10-4-16(23)5-11-19)22(27)15-12-20(25(28)29)14(2)21(13-15)26(30)31/h4-13H,3H2,1-2H3. The summed E-state index contributed by atoms with van der Waals surface area (Å²) in [6, 6.07) is 12.1. The van der Waals surface area contributed by atoms with Crippen molar-refractivity contribution in [1.29, 1.82) is 0 Å². The third-order valence-electron chi connectivity index (χ3n) is 4.91. The van der Waals surface area contributed by atoms with Gasteiger partial charge in [-0.1, -0.05) is 11.6 Å². The van der Waals surface area contributed by atoms with Gasteiger partial charge >= 0.3 is 0 Å². The lowest BCUT2D eigenvalue weighted by molar-refractivity contribution is -0.395. The zero-order valence-corrected chi connectivity index (χ0v) is 19.9. The third kappa shape index (κ3) is 5.23. The van der Waals surface area contributed by atoms with E-state index in [-0.39, 0.29) is 21.2 Å². The van der Waals surface area contributed by atoms with Crippen LogP contribution in [0.2, 0.25) is 5.02 Å². The second-order valence-corrected chi connectivity index (χ2v) is 9.33. The van der Waals surface area contributed by atoms with E-state index in [2.05, 4.69) is 0 Å². The number of nitro benzene ring substituents is 2. The lowest BCUT2D eigenvalue weighted by atomic mass is 10.1. The van der Waals surface area contributed by atoms with Crippen LogP contribution in [0.4, 0.5) is 17.1 Å². The molecule has 0 fully saturated rings. The normalized spacial score (nSPS) is 11.1. The first-order valence-electron chi connectivity index (χ1n) is 9.99. The number of rotatable bonds is 8. The van der Waals surface area contributed by atoms with Gasteiger partial charge in [0.25, 0.3) is 27.3 Å². The van der Waals surface area contributed by atoms with Crippen LogP contribution >= 0.6 is 11.6 Å². The second kappa shape index (κ2) is 10.1. The van der Waals surface area contributed by atoms with Crippen LogP contribution in [0.15, 0.2) is 65.6 Å². The molecule has 0 saturated heterocycles. The first-order valence-corrected chi connectivity index (χ1v) is 11.8. The number of hydrogen-bond acceptors (Lipinski definition) is 8. The first kappa shape index (κ1) is 25.6. The zero-order chi connectivity index (χ0) is 25.9. The second-order valence-electron chi connectivity index (χ2n) is 7.11. The van der Waals surface area contributed by atoms with Crippen molar-refractivity contribution in [2.45, 2.75) is 18.7 Å². The van der Waals surface area contributed by atoms with E-state index in [0.29, 0.717) is 16.7 Å². The molecule has 0 aromatic heterocycles. The molecule has 0 radical (unpaired) electrons. The van der Waals surface area contributed by atoms with Gasteiger partial charge in [-0.05, 0) is 62.4 Å². The van der Waals surface area contributed by atoms with Crippen molar-refractivity contribution < 1.29 is 27.8 Å². The summed E-state index contributed by atoms with van der Waals surface area (Å²) in [6.07, 6.45) is 0. The van der Waals surface area contributed by atoms with Crippen molar-refractivity contribution in [3.63, 3.8) is 0 Å². The van der Waals surface area contributed by atoms with Gasteiger partial charge in [-0.3, -0.25) is 25.0 Å². The largest absolute Gasteiger partial charge is 0.494 e. The fraction of sp³-hybridized carbons (Fsp3) is 0.136. The molecule has 3 rings (SSSR count). The molecule has 182 valence electrons. The number of nitro groups is 2. The van der Waals surface area contributed by atoms with Crippen molar-refractivity contribution in [1.82, 2.24) is 0 Å². The van der Waals surface area contributed by atoms with Gasteiger partial charge < -0.3 is 4.74 Å². The summed E-state index contributed by atoms with van der Waals surface area (Å²) in [5, 5.41) is 23.2. The predicted molar refractivity (Wildman–Crippen MR) is 128 cm³/mol. The van der Waals surface area contributed by atoms with Gasteiger partial charge in [0.05, 0.1) is 32.6 Å². The van der Waals surface area contributed by atoms with Crippen LogP contribution in [-0.4, -0.2) is 30.8 Å². The van der Waals surface area contributed by atoms with Gasteiger partial charge in [-0.25, -0.2) is 8.42 Å². The highest BCUT2D eigenvalue weighted by Crippen LogP contribution is 2.33. The minimum absolute atomic E-state index is 0.112. The Hall–Kier alpha value is -4.03. The van der Waals surface area contributed by atoms with Gasteiger partial charge in [0.1, 0.15) is 11.3 Å². The molecule has 0 saturated carbocycles. The SMILES string of the molecule is CCOc1ccc(N(C(=O)c2cc([N+](=O)[O-])c(C)c([N+](=O)[O-])c2)S(=O)(=O)c2ccc(Cl)cc2)cc1. The Morgan fingerprint density at radius 2 is 1.49 bits per heavy atom. The number of carbonyl (C=O) groups is 1. The molecular weight excluding hydrogens is 502 g/mol. The number of ether oxygens (including phenoxy) is 1. The highest BCUT2D eigenvalue weighted by molar-refractivity contribution is 7.93. The number of hydrogen-bond donors (Lipinski definition) is 0. The van der Waals surface area contributed by atoms with Crippen molar-refractivity contribution in [3.8, 4) is 5.75 Å². The van der Waals surface area contributed by atoms with Gasteiger partial charge in [-0.15, -0.1) is 0 Å². The number of sulfonamides is 1. The van der Waals surface area contributed by atoms with Crippen LogP contribution in [0.25, 0.3) is 0 Å². The zero-order valence-electron chi connectivity index (χ0n) is 18.4. The predicted octanol–water partition coefficient (Wildman–Crippen LogP) is 4.90. The summed E-state index contributed by atoms with van der Waals surface area (Å²) in [6.45, 7) is 3.27. The van der Waals surface area contributed by atoms with Crippen LogP contribution < -0.4 is 9.04 Å². The number of amides is 1. The molecule has 11 nitrogen and oxygen atoms in total. The minimum Gasteiger partial charge on any atom is -0.494 e. The smallest absolute Gasteiger partial charge is 0.279 e. The average molecular weight is 520 g/mol. The summed E-state index contributed by atoms with van der Waals surface area (Å²) in [5.41, 5.74) is -2.33. The molecule has 0 N–H and O–H groups in total. The molecule has 0 atom stereocenters. The van der Waals surface area contributed by atoms with Crippen LogP contribution in [-0.2, 0) is 10.0 Å². The monoisotopic (exact) mass is 519 g/mol. The highest BCUT2D eigenvalue weighted by atomic mass is 35.5. The Labute approximate surface area is 204 Å². The highest BCUT2D eigenvalue weighted by Gasteiger charge is 2.35. The van der Waals surface area contributed by atoms with Crippen molar-refractivity contribution >= 4 is 44.6 Å². The van der Waals surface area contributed by atoms with Crippen molar-refractivity contribution in [2.24, 2.45) is 0 Å². The number of nitrogens with zero attached hydrogens (tertiary/aromatic N) is 3. The average Bonchev–Trinajstić information content (AvgIpc) is 2.80. The Kier molecular flexibility index (Phi) is 7.37. The van der Waals surface area contributed by atoms with Crippen LogP contribution in [0.1, 0.15) is 22.8 Å². The topological polar surface area (TPSA) is 150 Å². The molecule has 35 heavy (non-hydrogen) atoms. The van der Waals surface area contributed by atoms with Crippen LogP contribution in [0.3, 0.4) is 0 Å². The quantitative estimate of drug-likeness (QED) is 0.301. The number of carbonyl (C=O) groups excluding carboxylic acids is 1. The van der Waals surface area contributed by atoms with Gasteiger partial charge in [0, 0.05) is 17.2 Å². The molecule has 3 aromatic carbocycles. The minimum atomic E-state index is -4.58. The van der Waals surface area contributed by atoms with Crippen molar-refractivity contribution in [2.75, 3.05) is 10.9 Å². The third-order valence-corrected chi connectivity index (χ3v) is 6.89. The van der Waals surface area contributed by atoms with E-state index in [9.17, 15) is 33.4 Å². The number of benzene rings is 3. The molecule has 0 aliphatic carbocycles. The van der Waals surface area contributed by atoms with Crippen LogP contribution in [0, 0.1) is 27.2 Å². The molecule has 0 aliphatic heterocycles. The number of halogens is 1. The van der Waals surface area contributed by atoms with E-state index in [1.165, 1.54) is 55.5 Å². The summed E-state index contributed by atoms with van der Waals surface area (Å²) >= 11 is 5.86. The molecular formula is C22H18ClN3O8S. The first-order chi connectivity index (χ1) is 16.5. The Morgan fingerprint density at radius 3 is 1.94 bits per heavy atom. The summed E-state index contributed by atoms with van der Waals surface area (Å²) in [7, 11) is -4.58. The van der Waals surface area contributed by atoms with E-state index in [1.807, 2.05) is 0 Å². The Bertz CT molecular complexity index is 1370. The van der Waals surface area contributed by atoms with Gasteiger partial charge in [0.15, 0.2) is 0 Å². The Morgan fingerprint density at radius 1 is 0.971 bits per heavy atom. The maximum atomic E-state index is 13.5. The molecule has 0 spiro atoms. The molecule has 0 bridgehead atoms. The fourth-order valence-electron chi connectivity index (χ4n) is 3.23. The van der Waals surface area contributed by atoms with E-state index >= 15 is 0 Å². The summed E-state index contributed by atoms with van der Waals surface area (Å²) in [5.74, 6) is -0.815. The van der Waals surface area contributed by atoms with E-state index in [1.54, 1.807) is 6.92 Å². The van der Waals surface area contributed by atoms with E-state index in [4.69, 9.17) is 16.3 Å². The summed E-state index contributed by atoms with van der Waals surface area (Å²) in [4.78, 5) is 34.4. The van der Waals surface area contributed by atoms with Crippen molar-refractivity contribution in [3.05, 3.63) is 97.0 Å². The van der Waals surface area contributed by atoms with Gasteiger partial charge in [-0.2, -0.15) is 4.31 Å². The summed E-state index contributed by atoms with van der Waals surface area (Å²) < 4.78 is 32.8. The fourth-order valence-corrected chi connectivity index (χ4v) is 4.77. The number of anilines is 1. The molecule has 3 aromatic rings. The molecule has 1 amide bonds.